The summed E-state index contributed by atoms with van der Waals surface area (Å²) in [7, 11) is -3.22. The Morgan fingerprint density at radius 3 is 2.26 bits per heavy atom. The Labute approximate surface area is 209 Å². The highest BCUT2D eigenvalue weighted by Crippen LogP contribution is 2.29. The van der Waals surface area contributed by atoms with E-state index in [4.69, 9.17) is 9.47 Å². The van der Waals surface area contributed by atoms with E-state index in [1.165, 1.54) is 31.4 Å². The van der Waals surface area contributed by atoms with Crippen LogP contribution in [0.2, 0.25) is 0 Å². The Balaban J connectivity index is 2.33. The average molecular weight is 573 g/mol. The molecule has 0 fully saturated rings. The zero-order valence-corrected chi connectivity index (χ0v) is 21.4. The summed E-state index contributed by atoms with van der Waals surface area (Å²) in [6.45, 7) is 2.89. The lowest BCUT2D eigenvalue weighted by atomic mass is 10.1. The van der Waals surface area contributed by atoms with Gasteiger partial charge in [0.25, 0.3) is 5.56 Å². The van der Waals surface area contributed by atoms with Crippen LogP contribution >= 0.6 is 15.9 Å². The van der Waals surface area contributed by atoms with Gasteiger partial charge in [-0.3, -0.25) is 9.36 Å². The van der Waals surface area contributed by atoms with E-state index in [2.05, 4.69) is 20.9 Å². The number of ether oxygens (including phenoxy) is 2. The maximum Gasteiger partial charge on any atom is 0.277 e. The number of nitrogens with zero attached hydrogens (tertiary/aromatic N) is 2. The average Bonchev–Trinajstić information content (AvgIpc) is 2.76. The highest BCUT2D eigenvalue weighted by Gasteiger charge is 2.32. The first-order valence-electron chi connectivity index (χ1n) is 10.4. The Kier molecular flexibility index (Phi) is 8.42. The molecule has 0 unspecified atom stereocenters. The van der Waals surface area contributed by atoms with E-state index in [-0.39, 0.29) is 35.6 Å². The maximum absolute atomic E-state index is 14.0. The second-order valence-corrected chi connectivity index (χ2v) is 10.6. The third-order valence-corrected chi connectivity index (χ3v) is 7.29. The first-order valence-corrected chi connectivity index (χ1v) is 12.6. The summed E-state index contributed by atoms with van der Waals surface area (Å²) in [5.41, 5.74) is -1.15. The number of hydrogen-bond acceptors (Lipinski definition) is 7. The standard InChI is InChI=1S/C23H23BrF2N2O6S/c1-13(2)34-12-20-27-22(29)21(35(31,32)18-6-4-15(24)5-7-18)23(30)28(20)19(11-33-3)14-8-16(25)10-17(26)9-14/h4-10,13,19,29H,11-12H2,1-3H3/t19-/m0/s1. The van der Waals surface area contributed by atoms with E-state index in [9.17, 15) is 27.1 Å². The molecule has 1 aromatic heterocycles. The summed E-state index contributed by atoms with van der Waals surface area (Å²) in [6, 6.07) is 6.92. The molecule has 0 amide bonds. The van der Waals surface area contributed by atoms with E-state index in [0.717, 1.165) is 16.7 Å². The predicted octanol–water partition coefficient (Wildman–Crippen LogP) is 3.98. The summed E-state index contributed by atoms with van der Waals surface area (Å²) in [4.78, 5) is 16.4. The van der Waals surface area contributed by atoms with Crippen molar-refractivity contribution in [2.45, 2.75) is 42.4 Å². The summed E-state index contributed by atoms with van der Waals surface area (Å²) in [6.07, 6.45) is -0.304. The van der Waals surface area contributed by atoms with E-state index in [0.29, 0.717) is 10.5 Å². The van der Waals surface area contributed by atoms with Crippen LogP contribution in [0.25, 0.3) is 0 Å². The summed E-state index contributed by atoms with van der Waals surface area (Å²) >= 11 is 3.21. The zero-order chi connectivity index (χ0) is 25.9. The molecule has 8 nitrogen and oxygen atoms in total. The van der Waals surface area contributed by atoms with Crippen molar-refractivity contribution in [2.24, 2.45) is 0 Å². The van der Waals surface area contributed by atoms with Crippen LogP contribution in [0.3, 0.4) is 0 Å². The van der Waals surface area contributed by atoms with Crippen LogP contribution in [0.1, 0.15) is 31.3 Å². The molecule has 3 aromatic rings. The molecule has 188 valence electrons. The number of sulfone groups is 1. The van der Waals surface area contributed by atoms with Gasteiger partial charge in [0.15, 0.2) is 4.90 Å². The lowest BCUT2D eigenvalue weighted by Gasteiger charge is -2.24. The minimum atomic E-state index is -4.53. The van der Waals surface area contributed by atoms with Gasteiger partial charge in [-0.2, -0.15) is 4.98 Å². The molecule has 0 bridgehead atoms. The van der Waals surface area contributed by atoms with Gasteiger partial charge < -0.3 is 14.6 Å². The van der Waals surface area contributed by atoms with Gasteiger partial charge in [0.1, 0.15) is 24.1 Å². The van der Waals surface area contributed by atoms with Crippen molar-refractivity contribution < 1.29 is 31.8 Å². The van der Waals surface area contributed by atoms with Crippen molar-refractivity contribution in [3.05, 3.63) is 80.3 Å². The smallest absolute Gasteiger partial charge is 0.277 e. The fourth-order valence-corrected chi connectivity index (χ4v) is 5.03. The van der Waals surface area contributed by atoms with Gasteiger partial charge in [-0.15, -0.1) is 0 Å². The van der Waals surface area contributed by atoms with Gasteiger partial charge in [-0.1, -0.05) is 15.9 Å². The Morgan fingerprint density at radius 1 is 1.11 bits per heavy atom. The van der Waals surface area contributed by atoms with Gasteiger partial charge in [-0.25, -0.2) is 17.2 Å². The summed E-state index contributed by atoms with van der Waals surface area (Å²) < 4.78 is 67.0. The topological polar surface area (TPSA) is 108 Å². The van der Waals surface area contributed by atoms with Crippen LogP contribution in [0.15, 0.2) is 61.5 Å². The summed E-state index contributed by atoms with van der Waals surface area (Å²) in [5.74, 6) is -2.96. The van der Waals surface area contributed by atoms with E-state index < -0.39 is 43.8 Å². The monoisotopic (exact) mass is 572 g/mol. The molecule has 0 aliphatic heterocycles. The number of halogens is 3. The third-order valence-electron chi connectivity index (χ3n) is 4.97. The minimum absolute atomic E-state index is 0.00303. The van der Waals surface area contributed by atoms with Crippen LogP contribution in [-0.2, 0) is 25.9 Å². The highest BCUT2D eigenvalue weighted by molar-refractivity contribution is 9.10. The fraction of sp³-hybridized carbons (Fsp3) is 0.304. The largest absolute Gasteiger partial charge is 0.492 e. The van der Waals surface area contributed by atoms with Crippen LogP contribution in [0.4, 0.5) is 8.78 Å². The van der Waals surface area contributed by atoms with Crippen molar-refractivity contribution in [1.82, 2.24) is 9.55 Å². The minimum Gasteiger partial charge on any atom is -0.492 e. The lowest BCUT2D eigenvalue weighted by Crippen LogP contribution is -2.35. The molecule has 3 rings (SSSR count). The van der Waals surface area contributed by atoms with Crippen molar-refractivity contribution in [1.29, 1.82) is 0 Å². The van der Waals surface area contributed by atoms with Crippen molar-refractivity contribution in [2.75, 3.05) is 13.7 Å². The van der Waals surface area contributed by atoms with Gasteiger partial charge in [-0.05, 0) is 55.8 Å². The van der Waals surface area contributed by atoms with Crippen molar-refractivity contribution in [3.63, 3.8) is 0 Å². The van der Waals surface area contributed by atoms with Gasteiger partial charge in [0.2, 0.25) is 15.7 Å². The molecular formula is C23H23BrF2N2O6S. The number of hydrogen-bond donors (Lipinski definition) is 1. The quantitative estimate of drug-likeness (QED) is 0.413. The molecule has 1 heterocycles. The molecule has 35 heavy (non-hydrogen) atoms. The lowest BCUT2D eigenvalue weighted by molar-refractivity contribution is 0.0557. The SMILES string of the molecule is COC[C@@H](c1cc(F)cc(F)c1)n1c(COC(C)C)nc(O)c(S(=O)(=O)c2ccc(Br)cc2)c1=O. The normalized spacial score (nSPS) is 12.8. The third kappa shape index (κ3) is 5.95. The van der Waals surface area contributed by atoms with Crippen molar-refractivity contribution in [3.8, 4) is 5.88 Å². The number of methoxy groups -OCH3 is 1. The second kappa shape index (κ2) is 10.9. The van der Waals surface area contributed by atoms with E-state index in [1.54, 1.807) is 13.8 Å². The maximum atomic E-state index is 14.0. The number of rotatable bonds is 9. The van der Waals surface area contributed by atoms with E-state index in [1.807, 2.05) is 0 Å². The predicted molar refractivity (Wildman–Crippen MR) is 126 cm³/mol. The molecule has 0 saturated carbocycles. The van der Waals surface area contributed by atoms with Crippen LogP contribution in [0, 0.1) is 11.6 Å². The number of benzene rings is 2. The molecule has 0 spiro atoms. The summed E-state index contributed by atoms with van der Waals surface area (Å²) in [5, 5.41) is 10.6. The van der Waals surface area contributed by atoms with E-state index >= 15 is 0 Å². The molecule has 12 heteroatoms. The number of aromatic hydroxyl groups is 1. The fourth-order valence-electron chi connectivity index (χ4n) is 3.43. The molecule has 1 N–H and O–H groups in total. The highest BCUT2D eigenvalue weighted by atomic mass is 79.9. The molecule has 0 aliphatic carbocycles. The Hall–Kier alpha value is -2.67. The molecule has 1 atom stereocenters. The van der Waals surface area contributed by atoms with Crippen LogP contribution in [-0.4, -0.2) is 42.9 Å². The Bertz CT molecular complexity index is 1360. The molecular weight excluding hydrogens is 550 g/mol. The van der Waals surface area contributed by atoms with Crippen LogP contribution < -0.4 is 5.56 Å². The zero-order valence-electron chi connectivity index (χ0n) is 19.0. The first-order chi connectivity index (χ1) is 16.4. The molecule has 0 saturated heterocycles. The van der Waals surface area contributed by atoms with Gasteiger partial charge in [0, 0.05) is 17.6 Å². The molecule has 0 radical (unpaired) electrons. The Morgan fingerprint density at radius 2 is 1.71 bits per heavy atom. The van der Waals surface area contributed by atoms with Gasteiger partial charge in [0.05, 0.1) is 23.6 Å². The molecule has 0 aliphatic rings. The number of aromatic nitrogens is 2. The first kappa shape index (κ1) is 26.9. The molecule has 2 aromatic carbocycles. The van der Waals surface area contributed by atoms with Crippen molar-refractivity contribution >= 4 is 25.8 Å². The van der Waals surface area contributed by atoms with Gasteiger partial charge >= 0.3 is 0 Å². The van der Waals surface area contributed by atoms with Crippen LogP contribution in [0.5, 0.6) is 5.88 Å². The second-order valence-electron chi connectivity index (χ2n) is 7.85.